The number of carbonyl (C=O) groups is 2. The summed E-state index contributed by atoms with van der Waals surface area (Å²) in [4.78, 5) is 24.3. The number of benzene rings is 1. The number of carbonyl (C=O) groups excluding carboxylic acids is 2. The molecule has 0 amide bonds. The highest BCUT2D eigenvalue weighted by Gasteiger charge is 2.79. The summed E-state index contributed by atoms with van der Waals surface area (Å²) in [5.41, 5.74) is -0.499. The fraction of sp³-hybridized carbons (Fsp3) is 0.625. The normalized spacial score (nSPS) is 32.7. The number of halogens is 5. The van der Waals surface area contributed by atoms with E-state index in [1.165, 1.54) is 6.92 Å². The van der Waals surface area contributed by atoms with Gasteiger partial charge in [0.15, 0.2) is 5.78 Å². The van der Waals surface area contributed by atoms with Crippen molar-refractivity contribution in [2.24, 2.45) is 23.2 Å². The largest absolute Gasteiger partial charge is 0.458 e. The molecule has 0 aliphatic heterocycles. The molecule has 0 heterocycles. The second-order valence-corrected chi connectivity index (χ2v) is 12.9. The van der Waals surface area contributed by atoms with Crippen molar-refractivity contribution in [3.8, 4) is 0 Å². The minimum Gasteiger partial charge on any atom is -0.458 e. The van der Waals surface area contributed by atoms with E-state index >= 15 is 8.78 Å². The summed E-state index contributed by atoms with van der Waals surface area (Å²) in [6.07, 6.45) is -3.46. The maximum atomic E-state index is 15.1. The van der Waals surface area contributed by atoms with Gasteiger partial charge in [-0.1, -0.05) is 50.6 Å². The van der Waals surface area contributed by atoms with Crippen LogP contribution in [0.5, 0.6) is 0 Å². The third kappa shape index (κ3) is 4.57. The fourth-order valence-corrected chi connectivity index (χ4v) is 8.09. The molecule has 1 aromatic carbocycles. The van der Waals surface area contributed by atoms with E-state index in [-0.39, 0.29) is 36.4 Å². The van der Waals surface area contributed by atoms with Crippen LogP contribution in [0.1, 0.15) is 95.8 Å². The number of ether oxygens (including phenoxy) is 1. The zero-order valence-electron chi connectivity index (χ0n) is 23.8. The van der Waals surface area contributed by atoms with Gasteiger partial charge in [0.25, 0.3) is 0 Å². The Kier molecular flexibility index (Phi) is 7.32. The molecule has 4 nitrogen and oxygen atoms in total. The molecule has 4 aliphatic rings. The number of ketones is 1. The maximum Gasteiger partial charge on any atom is 0.456 e. The molecule has 1 aromatic rings. The fourth-order valence-electron chi connectivity index (χ4n) is 8.09. The molecule has 0 aromatic heterocycles. The van der Waals surface area contributed by atoms with Crippen LogP contribution in [0.3, 0.4) is 0 Å². The van der Waals surface area contributed by atoms with Crippen LogP contribution in [0.15, 0.2) is 47.1 Å². The Morgan fingerprint density at radius 3 is 2.29 bits per heavy atom. The van der Waals surface area contributed by atoms with Gasteiger partial charge in [0.1, 0.15) is 11.7 Å². The van der Waals surface area contributed by atoms with Crippen LogP contribution < -0.4 is 0 Å². The third-order valence-corrected chi connectivity index (χ3v) is 10.3. The van der Waals surface area contributed by atoms with E-state index < -0.39 is 47.5 Å². The standard InChI is InChI=1S/C32H37F5O4/c1-17(2)28(39)41-18(3)19-5-7-20(8-6-19)25-16-29(4)26(13-14-30(29,40)31(33,34)32(35,36)37)24-11-9-21-15-22(38)10-12-23(21)27(24)25/h5-8,15,17-18,24-26,40H,9-14,16H2,1-4H3/t18-,24?,25+,26?,29-,30-/m0/s1. The lowest BCUT2D eigenvalue weighted by Crippen LogP contribution is -2.65. The molecule has 2 saturated carbocycles. The number of alkyl halides is 5. The van der Waals surface area contributed by atoms with Crippen LogP contribution in [0, 0.1) is 23.2 Å². The van der Waals surface area contributed by atoms with Crippen molar-refractivity contribution >= 4 is 11.8 Å². The maximum absolute atomic E-state index is 15.1. The van der Waals surface area contributed by atoms with E-state index in [2.05, 4.69) is 0 Å². The van der Waals surface area contributed by atoms with Gasteiger partial charge in [0.05, 0.1) is 5.92 Å². The molecule has 6 atom stereocenters. The van der Waals surface area contributed by atoms with Crippen LogP contribution in [-0.2, 0) is 14.3 Å². The number of hydrogen-bond acceptors (Lipinski definition) is 4. The molecule has 5 rings (SSSR count). The lowest BCUT2D eigenvalue weighted by atomic mass is 9.50. The monoisotopic (exact) mass is 580 g/mol. The zero-order valence-corrected chi connectivity index (χ0v) is 23.8. The molecule has 0 bridgehead atoms. The molecular formula is C32H37F5O4. The predicted molar refractivity (Wildman–Crippen MR) is 142 cm³/mol. The van der Waals surface area contributed by atoms with Gasteiger partial charge >= 0.3 is 18.1 Å². The van der Waals surface area contributed by atoms with Gasteiger partial charge in [-0.2, -0.15) is 22.0 Å². The van der Waals surface area contributed by atoms with Gasteiger partial charge in [-0.25, -0.2) is 0 Å². The molecule has 2 unspecified atom stereocenters. The zero-order chi connectivity index (χ0) is 30.1. The molecule has 0 radical (unpaired) electrons. The Balaban J connectivity index is 1.60. The smallest absolute Gasteiger partial charge is 0.456 e. The van der Waals surface area contributed by atoms with Gasteiger partial charge in [0, 0.05) is 17.8 Å². The third-order valence-electron chi connectivity index (χ3n) is 10.3. The predicted octanol–water partition coefficient (Wildman–Crippen LogP) is 7.78. The highest BCUT2D eigenvalue weighted by Crippen LogP contribution is 2.70. The first-order valence-electron chi connectivity index (χ1n) is 14.5. The first-order chi connectivity index (χ1) is 19.0. The van der Waals surface area contributed by atoms with E-state index in [4.69, 9.17) is 4.74 Å². The molecule has 0 spiro atoms. The Morgan fingerprint density at radius 2 is 1.68 bits per heavy atom. The molecule has 224 valence electrons. The summed E-state index contributed by atoms with van der Waals surface area (Å²) >= 11 is 0. The van der Waals surface area contributed by atoms with Crippen molar-refractivity contribution in [3.63, 3.8) is 0 Å². The van der Waals surface area contributed by atoms with Crippen LogP contribution in [-0.4, -0.2) is 34.6 Å². The topological polar surface area (TPSA) is 63.6 Å². The van der Waals surface area contributed by atoms with Gasteiger partial charge in [-0.15, -0.1) is 0 Å². The van der Waals surface area contributed by atoms with Gasteiger partial charge in [-0.05, 0) is 85.6 Å². The van der Waals surface area contributed by atoms with Gasteiger partial charge in [0.2, 0.25) is 0 Å². The number of rotatable bonds is 5. The average Bonchev–Trinajstić information content (AvgIpc) is 3.18. The van der Waals surface area contributed by atoms with E-state index in [0.717, 1.165) is 27.8 Å². The van der Waals surface area contributed by atoms with Crippen LogP contribution in [0.4, 0.5) is 22.0 Å². The molecular weight excluding hydrogens is 543 g/mol. The minimum absolute atomic E-state index is 0.0364. The Bertz CT molecular complexity index is 1290. The summed E-state index contributed by atoms with van der Waals surface area (Å²) in [6.45, 7) is 6.63. The lowest BCUT2D eigenvalue weighted by Gasteiger charge is -2.56. The second kappa shape index (κ2) is 10.0. The summed E-state index contributed by atoms with van der Waals surface area (Å²) < 4.78 is 77.0. The number of esters is 1. The van der Waals surface area contributed by atoms with Crippen LogP contribution in [0.2, 0.25) is 0 Å². The Morgan fingerprint density at radius 1 is 1.02 bits per heavy atom. The first kappa shape index (κ1) is 29.9. The Hall–Kier alpha value is -2.55. The van der Waals surface area contributed by atoms with Crippen molar-refractivity contribution in [2.45, 2.75) is 102 Å². The lowest BCUT2D eigenvalue weighted by molar-refractivity contribution is -0.362. The molecule has 4 aliphatic carbocycles. The van der Waals surface area contributed by atoms with Gasteiger partial charge < -0.3 is 9.84 Å². The van der Waals surface area contributed by atoms with E-state index in [9.17, 15) is 27.9 Å². The number of fused-ring (bicyclic) bond motifs is 4. The van der Waals surface area contributed by atoms with Gasteiger partial charge in [-0.3, -0.25) is 9.59 Å². The molecule has 1 N–H and O–H groups in total. The number of aliphatic hydroxyl groups is 1. The molecule has 0 saturated heterocycles. The Labute approximate surface area is 237 Å². The highest BCUT2D eigenvalue weighted by atomic mass is 19.4. The average molecular weight is 581 g/mol. The summed E-state index contributed by atoms with van der Waals surface area (Å²) in [6, 6.07) is 7.21. The summed E-state index contributed by atoms with van der Waals surface area (Å²) in [5.74, 6) is -7.21. The molecule has 9 heteroatoms. The van der Waals surface area contributed by atoms with Crippen molar-refractivity contribution in [3.05, 3.63) is 58.2 Å². The highest BCUT2D eigenvalue weighted by molar-refractivity contribution is 5.93. The van der Waals surface area contributed by atoms with Crippen molar-refractivity contribution in [2.75, 3.05) is 0 Å². The number of allylic oxidation sites excluding steroid dienone is 4. The van der Waals surface area contributed by atoms with E-state index in [0.29, 0.717) is 25.7 Å². The number of hydrogen-bond donors (Lipinski definition) is 1. The summed E-state index contributed by atoms with van der Waals surface area (Å²) in [5, 5.41) is 11.4. The van der Waals surface area contributed by atoms with Crippen LogP contribution >= 0.6 is 0 Å². The molecule has 41 heavy (non-hydrogen) atoms. The minimum atomic E-state index is -5.88. The van der Waals surface area contributed by atoms with Crippen LogP contribution in [0.25, 0.3) is 0 Å². The molecule has 2 fully saturated rings. The van der Waals surface area contributed by atoms with Crippen molar-refractivity contribution in [1.29, 1.82) is 0 Å². The van der Waals surface area contributed by atoms with Crippen molar-refractivity contribution < 1.29 is 41.4 Å². The van der Waals surface area contributed by atoms with Crippen molar-refractivity contribution in [1.82, 2.24) is 0 Å². The SMILES string of the molecule is CC(C)C(=O)O[C@@H](C)c1ccc([C@H]2C[C@@]3(C)C(CC[C@@]3(O)C(F)(F)C(F)(F)F)C3CCC4=CC(=O)CCC4=C32)cc1. The van der Waals surface area contributed by atoms with E-state index in [1.54, 1.807) is 39.0 Å². The summed E-state index contributed by atoms with van der Waals surface area (Å²) in [7, 11) is 0. The second-order valence-electron chi connectivity index (χ2n) is 12.9. The quantitative estimate of drug-likeness (QED) is 0.286. The van der Waals surface area contributed by atoms with E-state index in [1.807, 2.05) is 12.1 Å². The first-order valence-corrected chi connectivity index (χ1v) is 14.5.